The third-order valence-electron chi connectivity index (χ3n) is 4.11. The van der Waals surface area contributed by atoms with Gasteiger partial charge in [0.15, 0.2) is 0 Å². The van der Waals surface area contributed by atoms with Gasteiger partial charge in [-0.25, -0.2) is 0 Å². The van der Waals surface area contributed by atoms with Gasteiger partial charge < -0.3 is 14.5 Å². The van der Waals surface area contributed by atoms with Gasteiger partial charge in [-0.3, -0.25) is 10.1 Å². The van der Waals surface area contributed by atoms with Crippen LogP contribution in [0, 0.1) is 0 Å². The van der Waals surface area contributed by atoms with Crippen molar-refractivity contribution in [3.63, 3.8) is 0 Å². The van der Waals surface area contributed by atoms with Crippen LogP contribution < -0.4 is 15.0 Å². The number of carbonyl (C=O) groups is 1. The summed E-state index contributed by atoms with van der Waals surface area (Å²) in [6, 6.07) is 8.15. The molecule has 0 bridgehead atoms. The monoisotopic (exact) mass is 321 g/mol. The van der Waals surface area contributed by atoms with Gasteiger partial charge in [0.1, 0.15) is 5.75 Å². The average molecular weight is 321 g/mol. The molecule has 1 aromatic carbocycles. The summed E-state index contributed by atoms with van der Waals surface area (Å²) in [5.74, 6) is 2.96. The van der Waals surface area contributed by atoms with E-state index in [4.69, 9.17) is 4.74 Å². The summed E-state index contributed by atoms with van der Waals surface area (Å²) in [7, 11) is 0. The van der Waals surface area contributed by atoms with E-state index in [9.17, 15) is 4.79 Å². The average Bonchev–Trinajstić information content (AvgIpc) is 3.10. The summed E-state index contributed by atoms with van der Waals surface area (Å²) < 4.78 is 5.71. The second kappa shape index (κ2) is 7.24. The normalized spacial score (nSPS) is 22.0. The van der Waals surface area contributed by atoms with E-state index in [1.807, 2.05) is 30.0 Å². The lowest BCUT2D eigenvalue weighted by Gasteiger charge is -2.37. The van der Waals surface area contributed by atoms with Crippen molar-refractivity contribution in [2.45, 2.75) is 13.0 Å². The molecule has 1 N–H and O–H groups in total. The van der Waals surface area contributed by atoms with Gasteiger partial charge in [-0.1, -0.05) is 12.1 Å². The Labute approximate surface area is 136 Å². The van der Waals surface area contributed by atoms with E-state index in [-0.39, 0.29) is 11.9 Å². The van der Waals surface area contributed by atoms with Gasteiger partial charge in [-0.15, -0.1) is 11.8 Å². The molecule has 0 spiro atoms. The summed E-state index contributed by atoms with van der Waals surface area (Å²) in [4.78, 5) is 16.7. The molecule has 0 radical (unpaired) electrons. The van der Waals surface area contributed by atoms with E-state index in [0.29, 0.717) is 6.61 Å². The molecule has 1 aromatic rings. The molecule has 0 saturated carbocycles. The molecule has 22 heavy (non-hydrogen) atoms. The minimum atomic E-state index is 0.00672. The van der Waals surface area contributed by atoms with Crippen LogP contribution in [0.3, 0.4) is 0 Å². The number of amides is 1. The van der Waals surface area contributed by atoms with Crippen molar-refractivity contribution in [3.8, 4) is 5.75 Å². The molecule has 120 valence electrons. The van der Waals surface area contributed by atoms with Crippen molar-refractivity contribution in [3.05, 3.63) is 24.3 Å². The van der Waals surface area contributed by atoms with Gasteiger partial charge in [-0.05, 0) is 19.1 Å². The van der Waals surface area contributed by atoms with E-state index in [1.54, 1.807) is 11.8 Å². The SMILES string of the molecule is CCOc1ccccc1N1CCN(C(=O)[C@@H]2CSCN2)CC1. The summed E-state index contributed by atoms with van der Waals surface area (Å²) in [5.41, 5.74) is 1.13. The predicted molar refractivity (Wildman–Crippen MR) is 90.7 cm³/mol. The maximum Gasteiger partial charge on any atom is 0.240 e. The number of benzene rings is 1. The highest BCUT2D eigenvalue weighted by Crippen LogP contribution is 2.29. The Bertz CT molecular complexity index is 512. The topological polar surface area (TPSA) is 44.8 Å². The number of nitrogens with zero attached hydrogens (tertiary/aromatic N) is 2. The highest BCUT2D eigenvalue weighted by atomic mass is 32.2. The molecule has 6 heteroatoms. The number of hydrogen-bond acceptors (Lipinski definition) is 5. The summed E-state index contributed by atoms with van der Waals surface area (Å²) in [6.45, 7) is 5.94. The molecule has 2 heterocycles. The number of piperazine rings is 1. The fourth-order valence-electron chi connectivity index (χ4n) is 2.94. The van der Waals surface area contributed by atoms with E-state index in [1.165, 1.54) is 0 Å². The number of ether oxygens (including phenoxy) is 1. The predicted octanol–water partition coefficient (Wildman–Crippen LogP) is 1.40. The number of carbonyl (C=O) groups excluding carboxylic acids is 1. The van der Waals surface area contributed by atoms with Crippen LogP contribution >= 0.6 is 11.8 Å². The van der Waals surface area contributed by atoms with E-state index < -0.39 is 0 Å². The molecule has 0 aliphatic carbocycles. The molecule has 2 aliphatic heterocycles. The largest absolute Gasteiger partial charge is 0.492 e. The molecule has 0 aromatic heterocycles. The third-order valence-corrected chi connectivity index (χ3v) is 5.05. The second-order valence-corrected chi connectivity index (χ2v) is 6.52. The van der Waals surface area contributed by atoms with Crippen molar-refractivity contribution < 1.29 is 9.53 Å². The van der Waals surface area contributed by atoms with Gasteiger partial charge >= 0.3 is 0 Å². The van der Waals surface area contributed by atoms with Crippen molar-refractivity contribution >= 4 is 23.4 Å². The summed E-state index contributed by atoms with van der Waals surface area (Å²) in [6.07, 6.45) is 0. The third kappa shape index (κ3) is 3.33. The van der Waals surface area contributed by atoms with Gasteiger partial charge in [0.2, 0.25) is 5.91 Å². The number of rotatable bonds is 4. The minimum Gasteiger partial charge on any atom is -0.492 e. The fourth-order valence-corrected chi connectivity index (χ4v) is 3.87. The molecule has 2 aliphatic rings. The summed E-state index contributed by atoms with van der Waals surface area (Å²) in [5, 5.41) is 3.26. The molecule has 5 nitrogen and oxygen atoms in total. The molecule has 2 fully saturated rings. The van der Waals surface area contributed by atoms with Crippen LogP contribution in [0.2, 0.25) is 0 Å². The van der Waals surface area contributed by atoms with Crippen molar-refractivity contribution in [1.29, 1.82) is 0 Å². The Balaban J connectivity index is 1.60. The first kappa shape index (κ1) is 15.5. The minimum absolute atomic E-state index is 0.00672. The number of para-hydroxylation sites is 2. The van der Waals surface area contributed by atoms with Crippen molar-refractivity contribution in [2.75, 3.05) is 49.3 Å². The van der Waals surface area contributed by atoms with Gasteiger partial charge in [0.25, 0.3) is 0 Å². The first-order valence-corrected chi connectivity index (χ1v) is 9.01. The molecule has 0 unspecified atom stereocenters. The van der Waals surface area contributed by atoms with Crippen LogP contribution in [0.1, 0.15) is 6.92 Å². The smallest absolute Gasteiger partial charge is 0.240 e. The highest BCUT2D eigenvalue weighted by Gasteiger charge is 2.29. The van der Waals surface area contributed by atoms with E-state index >= 15 is 0 Å². The fraction of sp³-hybridized carbons (Fsp3) is 0.562. The zero-order valence-electron chi connectivity index (χ0n) is 13.0. The maximum atomic E-state index is 12.4. The Kier molecular flexibility index (Phi) is 5.10. The maximum absolute atomic E-state index is 12.4. The Morgan fingerprint density at radius 1 is 1.32 bits per heavy atom. The first-order chi connectivity index (χ1) is 10.8. The number of thioether (sulfide) groups is 1. The van der Waals surface area contributed by atoms with Crippen LogP contribution in [0.15, 0.2) is 24.3 Å². The van der Waals surface area contributed by atoms with Crippen LogP contribution in [-0.2, 0) is 4.79 Å². The molecule has 2 saturated heterocycles. The van der Waals surface area contributed by atoms with Crippen LogP contribution in [0.4, 0.5) is 5.69 Å². The zero-order chi connectivity index (χ0) is 15.4. The quantitative estimate of drug-likeness (QED) is 0.908. The van der Waals surface area contributed by atoms with Gasteiger partial charge in [0, 0.05) is 37.8 Å². The lowest BCUT2D eigenvalue weighted by Crippen LogP contribution is -2.53. The molecule has 1 amide bonds. The molecule has 3 rings (SSSR count). The highest BCUT2D eigenvalue weighted by molar-refractivity contribution is 7.99. The van der Waals surface area contributed by atoms with Gasteiger partial charge in [-0.2, -0.15) is 0 Å². The second-order valence-electron chi connectivity index (χ2n) is 5.48. The standard InChI is InChI=1S/C16H23N3O2S/c1-2-21-15-6-4-3-5-14(15)18-7-9-19(10-8-18)16(20)13-11-22-12-17-13/h3-6,13,17H,2,7-12H2,1H3/t13-/m0/s1. The number of hydrogen-bond donors (Lipinski definition) is 1. The van der Waals surface area contributed by atoms with Crippen LogP contribution in [-0.4, -0.2) is 61.3 Å². The van der Waals surface area contributed by atoms with Crippen molar-refractivity contribution in [1.82, 2.24) is 10.2 Å². The van der Waals surface area contributed by atoms with E-state index in [2.05, 4.69) is 16.3 Å². The lowest BCUT2D eigenvalue weighted by molar-refractivity contribution is -0.132. The molecule has 1 atom stereocenters. The number of nitrogens with one attached hydrogen (secondary N) is 1. The summed E-state index contributed by atoms with van der Waals surface area (Å²) >= 11 is 1.79. The number of anilines is 1. The van der Waals surface area contributed by atoms with Crippen LogP contribution in [0.5, 0.6) is 5.75 Å². The molecular weight excluding hydrogens is 298 g/mol. The molecular formula is C16H23N3O2S. The zero-order valence-corrected chi connectivity index (χ0v) is 13.8. The van der Waals surface area contributed by atoms with Crippen molar-refractivity contribution in [2.24, 2.45) is 0 Å². The van der Waals surface area contributed by atoms with E-state index in [0.717, 1.165) is 49.2 Å². The lowest BCUT2D eigenvalue weighted by atomic mass is 10.2. The first-order valence-electron chi connectivity index (χ1n) is 7.86. The van der Waals surface area contributed by atoms with Gasteiger partial charge in [0.05, 0.1) is 18.3 Å². The Hall–Kier alpha value is -1.40. The Morgan fingerprint density at radius 2 is 2.09 bits per heavy atom. The Morgan fingerprint density at radius 3 is 2.77 bits per heavy atom. The van der Waals surface area contributed by atoms with Crippen LogP contribution in [0.25, 0.3) is 0 Å².